The first-order valence-electron chi connectivity index (χ1n) is 12.7. The zero-order valence-corrected chi connectivity index (χ0v) is 21.8. The Morgan fingerprint density at radius 3 is 2.49 bits per heavy atom. The molecule has 0 amide bonds. The monoisotopic (exact) mass is 509 g/mol. The molecule has 0 unspecified atom stereocenters. The summed E-state index contributed by atoms with van der Waals surface area (Å²) in [5, 5.41) is 12.1. The highest BCUT2D eigenvalue weighted by molar-refractivity contribution is 5.89. The summed E-state index contributed by atoms with van der Waals surface area (Å²) in [5.74, 6) is 0.415. The molecule has 1 aliphatic rings. The van der Waals surface area contributed by atoms with Crippen LogP contribution in [0.1, 0.15) is 42.4 Å². The Morgan fingerprint density at radius 2 is 1.81 bits per heavy atom. The average molecular weight is 510 g/mol. The quantitative estimate of drug-likeness (QED) is 0.230. The third kappa shape index (κ3) is 7.53. The summed E-state index contributed by atoms with van der Waals surface area (Å²) in [6, 6.07) is 15.2. The van der Waals surface area contributed by atoms with Crippen LogP contribution in [0.4, 0.5) is 0 Å². The van der Waals surface area contributed by atoms with Gasteiger partial charge >= 0.3 is 5.97 Å². The van der Waals surface area contributed by atoms with Crippen molar-refractivity contribution in [2.75, 3.05) is 46.0 Å². The first-order chi connectivity index (χ1) is 17.7. The summed E-state index contributed by atoms with van der Waals surface area (Å²) in [5.41, 5.74) is 2.78. The summed E-state index contributed by atoms with van der Waals surface area (Å²) in [6.45, 7) is 10.7. The lowest BCUT2D eigenvalue weighted by Gasteiger charge is -2.26. The van der Waals surface area contributed by atoms with Gasteiger partial charge in [-0.3, -0.25) is 15.0 Å². The van der Waals surface area contributed by atoms with Crippen LogP contribution < -0.4 is 4.74 Å². The van der Waals surface area contributed by atoms with E-state index in [0.717, 1.165) is 60.8 Å². The Labute approximate surface area is 217 Å². The van der Waals surface area contributed by atoms with E-state index in [9.17, 15) is 14.9 Å². The molecular weight excluding hydrogens is 474 g/mol. The molecule has 1 saturated heterocycles. The van der Waals surface area contributed by atoms with Gasteiger partial charge in [0, 0.05) is 47.7 Å². The number of ether oxygens (including phenoxy) is 3. The van der Waals surface area contributed by atoms with Gasteiger partial charge in [-0.05, 0) is 62.7 Å². The summed E-state index contributed by atoms with van der Waals surface area (Å²) in [4.78, 5) is 25.5. The fourth-order valence-electron chi connectivity index (χ4n) is 4.38. The second-order valence-corrected chi connectivity index (χ2v) is 10.3. The number of morpholine rings is 1. The molecule has 0 radical (unpaired) electrons. The van der Waals surface area contributed by atoms with Crippen LogP contribution in [0, 0.1) is 10.1 Å². The van der Waals surface area contributed by atoms with Crippen molar-refractivity contribution in [2.24, 2.45) is 0 Å². The number of rotatable bonds is 10. The minimum absolute atomic E-state index is 0.142. The van der Waals surface area contributed by atoms with Crippen LogP contribution in [0.5, 0.6) is 5.75 Å². The number of aromatic nitrogens is 1. The van der Waals surface area contributed by atoms with Crippen molar-refractivity contribution in [1.82, 2.24) is 9.47 Å². The zero-order valence-electron chi connectivity index (χ0n) is 21.8. The molecule has 37 heavy (non-hydrogen) atoms. The van der Waals surface area contributed by atoms with E-state index in [0.29, 0.717) is 25.1 Å². The Kier molecular flexibility index (Phi) is 8.45. The average Bonchev–Trinajstić information content (AvgIpc) is 3.19. The van der Waals surface area contributed by atoms with Gasteiger partial charge in [-0.15, -0.1) is 0 Å². The second-order valence-electron chi connectivity index (χ2n) is 10.3. The third-order valence-electron chi connectivity index (χ3n) is 6.22. The molecule has 1 fully saturated rings. The van der Waals surface area contributed by atoms with Crippen molar-refractivity contribution in [2.45, 2.75) is 39.3 Å². The summed E-state index contributed by atoms with van der Waals surface area (Å²) < 4.78 is 18.9. The van der Waals surface area contributed by atoms with Gasteiger partial charge < -0.3 is 18.8 Å². The molecule has 0 saturated carbocycles. The highest BCUT2D eigenvalue weighted by atomic mass is 16.6. The van der Waals surface area contributed by atoms with Gasteiger partial charge in [0.05, 0.1) is 25.2 Å². The van der Waals surface area contributed by atoms with Crippen molar-refractivity contribution < 1.29 is 23.9 Å². The molecule has 0 spiro atoms. The summed E-state index contributed by atoms with van der Waals surface area (Å²) >= 11 is 0. The SMILES string of the molecule is CC(C)(C)OC(=O)c1ccc(Cn2c(CC[N+](=O)[O-])cc3cc(OCCN4CCOCC4)ccc32)cc1. The molecule has 1 aliphatic heterocycles. The maximum atomic E-state index is 12.4. The van der Waals surface area contributed by atoms with Crippen LogP contribution in [0.25, 0.3) is 10.9 Å². The van der Waals surface area contributed by atoms with E-state index in [-0.39, 0.29) is 17.4 Å². The van der Waals surface area contributed by atoms with E-state index in [2.05, 4.69) is 9.47 Å². The van der Waals surface area contributed by atoms with E-state index in [1.807, 2.05) is 57.2 Å². The lowest BCUT2D eigenvalue weighted by Crippen LogP contribution is -2.38. The lowest BCUT2D eigenvalue weighted by atomic mass is 10.1. The fourth-order valence-corrected chi connectivity index (χ4v) is 4.38. The van der Waals surface area contributed by atoms with E-state index < -0.39 is 5.60 Å². The summed E-state index contributed by atoms with van der Waals surface area (Å²) in [7, 11) is 0. The van der Waals surface area contributed by atoms with E-state index in [1.54, 1.807) is 12.1 Å². The second kappa shape index (κ2) is 11.7. The molecule has 9 nitrogen and oxygen atoms in total. The molecule has 2 aromatic carbocycles. The maximum Gasteiger partial charge on any atom is 0.338 e. The number of nitro groups is 1. The van der Waals surface area contributed by atoms with Crippen LogP contribution in [0.2, 0.25) is 0 Å². The van der Waals surface area contributed by atoms with E-state index in [4.69, 9.17) is 14.2 Å². The van der Waals surface area contributed by atoms with Gasteiger partial charge in [-0.2, -0.15) is 0 Å². The number of hydrogen-bond acceptors (Lipinski definition) is 7. The predicted molar refractivity (Wildman–Crippen MR) is 141 cm³/mol. The number of benzene rings is 2. The lowest BCUT2D eigenvalue weighted by molar-refractivity contribution is -0.479. The number of fused-ring (bicyclic) bond motifs is 1. The van der Waals surface area contributed by atoms with Crippen LogP contribution in [-0.2, 0) is 22.4 Å². The van der Waals surface area contributed by atoms with Crippen molar-refractivity contribution in [1.29, 1.82) is 0 Å². The maximum absolute atomic E-state index is 12.4. The topological polar surface area (TPSA) is 96.1 Å². The highest BCUT2D eigenvalue weighted by Gasteiger charge is 2.18. The zero-order chi connectivity index (χ0) is 26.4. The first-order valence-corrected chi connectivity index (χ1v) is 12.7. The molecule has 0 N–H and O–H groups in total. The number of nitrogens with zero attached hydrogens (tertiary/aromatic N) is 3. The summed E-state index contributed by atoms with van der Waals surface area (Å²) in [6.07, 6.45) is 0.324. The molecule has 9 heteroatoms. The number of hydrogen-bond donors (Lipinski definition) is 0. The molecule has 3 aromatic rings. The van der Waals surface area contributed by atoms with Crippen LogP contribution in [-0.4, -0.2) is 72.0 Å². The number of carbonyl (C=O) groups is 1. The Bertz CT molecular complexity index is 1220. The Morgan fingerprint density at radius 1 is 1.08 bits per heavy atom. The van der Waals surface area contributed by atoms with Crippen molar-refractivity contribution in [3.05, 3.63) is 75.5 Å². The predicted octanol–water partition coefficient (Wildman–Crippen LogP) is 4.18. The van der Waals surface area contributed by atoms with Crippen LogP contribution in [0.3, 0.4) is 0 Å². The van der Waals surface area contributed by atoms with Gasteiger partial charge in [0.2, 0.25) is 6.54 Å². The van der Waals surface area contributed by atoms with Gasteiger partial charge in [0.1, 0.15) is 18.0 Å². The molecule has 2 heterocycles. The largest absolute Gasteiger partial charge is 0.492 e. The van der Waals surface area contributed by atoms with Gasteiger partial charge in [0.15, 0.2) is 0 Å². The van der Waals surface area contributed by atoms with Crippen LogP contribution >= 0.6 is 0 Å². The van der Waals surface area contributed by atoms with Gasteiger partial charge in [0.25, 0.3) is 0 Å². The molecule has 0 aliphatic carbocycles. The minimum Gasteiger partial charge on any atom is -0.492 e. The normalized spacial score (nSPS) is 14.6. The minimum atomic E-state index is -0.559. The van der Waals surface area contributed by atoms with Crippen molar-refractivity contribution in [3.8, 4) is 5.75 Å². The molecule has 0 atom stereocenters. The van der Waals surface area contributed by atoms with Crippen LogP contribution in [0.15, 0.2) is 48.5 Å². The molecular formula is C28H35N3O6. The highest BCUT2D eigenvalue weighted by Crippen LogP contribution is 2.26. The molecule has 1 aromatic heterocycles. The van der Waals surface area contributed by atoms with Gasteiger partial charge in [-0.25, -0.2) is 4.79 Å². The first kappa shape index (κ1) is 26.6. The smallest absolute Gasteiger partial charge is 0.338 e. The molecule has 4 rings (SSSR count). The molecule has 198 valence electrons. The van der Waals surface area contributed by atoms with E-state index in [1.165, 1.54) is 0 Å². The van der Waals surface area contributed by atoms with Crippen molar-refractivity contribution >= 4 is 16.9 Å². The third-order valence-corrected chi connectivity index (χ3v) is 6.22. The standard InChI is InChI=1S/C28H35N3O6/c1-28(2,3)37-27(32)22-6-4-21(5-7-22)20-30-24(10-11-31(33)34)18-23-19-25(8-9-26(23)30)36-17-14-29-12-15-35-16-13-29/h4-9,18-19H,10-17,20H2,1-3H3. The van der Waals surface area contributed by atoms with E-state index >= 15 is 0 Å². The Hall–Kier alpha value is -3.43. The van der Waals surface area contributed by atoms with Crippen molar-refractivity contribution in [3.63, 3.8) is 0 Å². The molecule has 0 bridgehead atoms. The van der Waals surface area contributed by atoms with Gasteiger partial charge in [-0.1, -0.05) is 12.1 Å². The number of carbonyl (C=O) groups excluding carboxylic acids is 1. The fraction of sp³-hybridized carbons (Fsp3) is 0.464. The Balaban J connectivity index is 1.50. The number of esters is 1.